The number of sulfonamides is 1. The number of esters is 2. The van der Waals surface area contributed by atoms with Crippen LogP contribution >= 0.6 is 46.4 Å². The van der Waals surface area contributed by atoms with Gasteiger partial charge >= 0.3 is 11.9 Å². The van der Waals surface area contributed by atoms with Crippen LogP contribution in [-0.2, 0) is 29.1 Å². The molecule has 0 aliphatic heterocycles. The Balaban J connectivity index is 0.000000194. The number of aromatic nitrogens is 2. The van der Waals surface area contributed by atoms with E-state index < -0.39 is 27.1 Å². The minimum absolute atomic E-state index is 0.00783. The molecule has 0 bridgehead atoms. The zero-order valence-corrected chi connectivity index (χ0v) is 31.9. The number of rotatable bonds is 7. The highest BCUT2D eigenvalue weighted by atomic mass is 35.5. The lowest BCUT2D eigenvalue weighted by Gasteiger charge is -2.27. The minimum Gasteiger partial charge on any atom is -0.465 e. The Bertz CT molecular complexity index is 1970. The van der Waals surface area contributed by atoms with Gasteiger partial charge in [0.1, 0.15) is 21.4 Å². The Morgan fingerprint density at radius 2 is 1.24 bits per heavy atom. The maximum Gasteiger partial charge on any atom is 0.327 e. The molecule has 2 aliphatic carbocycles. The molecule has 2 aromatic heterocycles. The van der Waals surface area contributed by atoms with Crippen LogP contribution in [-0.4, -0.2) is 54.6 Å². The number of ether oxygens (including phenoxy) is 2. The smallest absolute Gasteiger partial charge is 0.327 e. The second-order valence-electron chi connectivity index (χ2n) is 12.2. The Morgan fingerprint density at radius 1 is 0.760 bits per heavy atom. The number of benzene rings is 2. The largest absolute Gasteiger partial charge is 0.465 e. The molecular weight excluding hydrogens is 746 g/mol. The van der Waals surface area contributed by atoms with Gasteiger partial charge in [-0.3, -0.25) is 9.59 Å². The summed E-state index contributed by atoms with van der Waals surface area (Å²) in [7, 11) is -3.97. The van der Waals surface area contributed by atoms with Gasteiger partial charge in [0, 0.05) is 33.9 Å². The normalized spacial score (nSPS) is 16.2. The molecule has 2 fully saturated rings. The summed E-state index contributed by atoms with van der Waals surface area (Å²) in [6, 6.07) is 10.4. The fourth-order valence-electron chi connectivity index (χ4n) is 6.01. The Labute approximate surface area is 312 Å². The number of carbonyl (C=O) groups excluding carboxylic acids is 2. The summed E-state index contributed by atoms with van der Waals surface area (Å²) in [5, 5.41) is 4.57. The molecule has 2 aliphatic rings. The zero-order chi connectivity index (χ0) is 36.7. The van der Waals surface area contributed by atoms with Crippen molar-refractivity contribution >= 4 is 89.9 Å². The molecule has 10 nitrogen and oxygen atoms in total. The van der Waals surface area contributed by atoms with E-state index in [9.17, 15) is 18.0 Å². The highest BCUT2D eigenvalue weighted by molar-refractivity contribution is 7.89. The van der Waals surface area contributed by atoms with Crippen molar-refractivity contribution < 1.29 is 27.5 Å². The summed E-state index contributed by atoms with van der Waals surface area (Å²) in [5.74, 6) is -0.762. The Morgan fingerprint density at radius 3 is 1.78 bits per heavy atom. The van der Waals surface area contributed by atoms with Gasteiger partial charge in [-0.2, -0.15) is 4.72 Å². The summed E-state index contributed by atoms with van der Waals surface area (Å²) in [6.07, 6.45) is 8.98. The van der Waals surface area contributed by atoms with Crippen LogP contribution in [0.1, 0.15) is 70.8 Å². The van der Waals surface area contributed by atoms with Crippen LogP contribution in [0.25, 0.3) is 21.5 Å². The van der Waals surface area contributed by atoms with Gasteiger partial charge in [0.2, 0.25) is 10.0 Å². The number of pyridine rings is 2. The van der Waals surface area contributed by atoms with E-state index in [0.717, 1.165) is 54.9 Å². The molecule has 3 N–H and O–H groups in total. The van der Waals surface area contributed by atoms with Crippen molar-refractivity contribution in [1.29, 1.82) is 0 Å². The first kappa shape index (κ1) is 40.0. The first-order valence-corrected chi connectivity index (χ1v) is 19.3. The molecule has 0 unspecified atom stereocenters. The Kier molecular flexibility index (Phi) is 13.7. The van der Waals surface area contributed by atoms with Crippen LogP contribution in [0.4, 0.5) is 0 Å². The van der Waals surface area contributed by atoms with Crippen LogP contribution in [0.2, 0.25) is 20.4 Å². The van der Waals surface area contributed by atoms with Crippen molar-refractivity contribution in [3.8, 4) is 0 Å². The first-order chi connectivity index (χ1) is 23.7. The molecule has 2 heterocycles. The first-order valence-electron chi connectivity index (χ1n) is 16.3. The molecule has 15 heteroatoms. The highest BCUT2D eigenvalue weighted by Gasteiger charge is 2.46. The van der Waals surface area contributed by atoms with Crippen molar-refractivity contribution in [1.82, 2.24) is 14.7 Å². The van der Waals surface area contributed by atoms with E-state index in [-0.39, 0.29) is 22.6 Å². The number of aryl methyl sites for hydroxylation is 1. The van der Waals surface area contributed by atoms with E-state index in [2.05, 4.69) is 14.7 Å². The van der Waals surface area contributed by atoms with E-state index in [1.165, 1.54) is 18.3 Å². The predicted molar refractivity (Wildman–Crippen MR) is 198 cm³/mol. The third-order valence-corrected chi connectivity index (χ3v) is 11.4. The van der Waals surface area contributed by atoms with Gasteiger partial charge in [-0.15, -0.1) is 0 Å². The second-order valence-corrected chi connectivity index (χ2v) is 15.5. The summed E-state index contributed by atoms with van der Waals surface area (Å²) in [4.78, 5) is 31.5. The van der Waals surface area contributed by atoms with Gasteiger partial charge in [-0.25, -0.2) is 18.4 Å². The van der Waals surface area contributed by atoms with E-state index in [1.54, 1.807) is 26.1 Å². The van der Waals surface area contributed by atoms with E-state index in [4.69, 9.17) is 61.6 Å². The number of hydrogen-bond acceptors (Lipinski definition) is 9. The van der Waals surface area contributed by atoms with Gasteiger partial charge in [0.15, 0.2) is 0 Å². The number of carbonyl (C=O) groups is 2. The monoisotopic (exact) mass is 784 g/mol. The third kappa shape index (κ3) is 9.36. The summed E-state index contributed by atoms with van der Waals surface area (Å²) < 4.78 is 38.4. The minimum atomic E-state index is -3.97. The molecule has 0 radical (unpaired) electrons. The summed E-state index contributed by atoms with van der Waals surface area (Å²) in [5.41, 5.74) is 5.09. The molecule has 6 rings (SSSR count). The number of fused-ring (bicyclic) bond motifs is 2. The van der Waals surface area contributed by atoms with Crippen molar-refractivity contribution in [3.63, 3.8) is 0 Å². The molecule has 0 amide bonds. The van der Waals surface area contributed by atoms with Gasteiger partial charge in [0.05, 0.1) is 28.2 Å². The molecule has 0 atom stereocenters. The molecule has 2 aromatic carbocycles. The molecule has 4 aromatic rings. The van der Waals surface area contributed by atoms with Crippen molar-refractivity contribution in [2.75, 3.05) is 13.2 Å². The van der Waals surface area contributed by atoms with E-state index >= 15 is 0 Å². The van der Waals surface area contributed by atoms with Crippen molar-refractivity contribution in [2.24, 2.45) is 5.73 Å². The molecular formula is C35H40Cl4N4O6S. The number of hydrogen-bond donors (Lipinski definition) is 2. The standard InChI is InChI=1S/C17H18Cl2N2O4S.C10H7Cl2N.C8H15NO2/c1-2-25-16(22)17(7-3-4-8-17)21-26(23,24)11-5-6-12-13(9-11)15(19)20-10-14(12)18;1-6-2-3-7-8(4-6)10(12)13-5-9(7)11;1-2-11-7(10)8(9)5-3-4-6-8/h5-6,9-10,21H,2-4,7-8H2,1H3;2-5H,1H3;2-6,9H2,1H3. The lowest BCUT2D eigenvalue weighted by Crippen LogP contribution is -2.53. The van der Waals surface area contributed by atoms with E-state index in [1.807, 2.05) is 25.1 Å². The van der Waals surface area contributed by atoms with Crippen molar-refractivity contribution in [3.05, 3.63) is 74.7 Å². The lowest BCUT2D eigenvalue weighted by atomic mass is 10.00. The SMILES string of the molecule is CCOC(=O)C1(N)CCCC1.CCOC(=O)C1(NS(=O)(=O)c2ccc3c(Cl)cnc(Cl)c3c2)CCCC1.Cc1ccc2c(Cl)cnc(Cl)c2c1. The fourth-order valence-corrected chi connectivity index (χ4v) is 8.29. The number of nitrogens with zero attached hydrogens (tertiary/aromatic N) is 2. The number of nitrogens with one attached hydrogen (secondary N) is 1. The summed E-state index contributed by atoms with van der Waals surface area (Å²) in [6.45, 7) is 6.12. The number of nitrogens with two attached hydrogens (primary N) is 1. The van der Waals surface area contributed by atoms with Gasteiger partial charge in [0.25, 0.3) is 0 Å². The highest BCUT2D eigenvalue weighted by Crippen LogP contribution is 2.35. The molecule has 270 valence electrons. The van der Waals surface area contributed by atoms with Gasteiger partial charge in [-0.05, 0) is 64.7 Å². The van der Waals surface area contributed by atoms with Crippen LogP contribution < -0.4 is 10.5 Å². The van der Waals surface area contributed by atoms with Crippen LogP contribution in [0.15, 0.2) is 53.7 Å². The topological polar surface area (TPSA) is 151 Å². The predicted octanol–water partition coefficient (Wildman–Crippen LogP) is 8.37. The molecule has 0 spiro atoms. The van der Waals surface area contributed by atoms with Gasteiger partial charge in [-0.1, -0.05) is 95.8 Å². The molecule has 0 saturated heterocycles. The van der Waals surface area contributed by atoms with E-state index in [0.29, 0.717) is 45.4 Å². The average Bonchev–Trinajstić information content (AvgIpc) is 3.76. The van der Waals surface area contributed by atoms with Crippen molar-refractivity contribution in [2.45, 2.75) is 88.1 Å². The molecule has 50 heavy (non-hydrogen) atoms. The van der Waals surface area contributed by atoms with Crippen LogP contribution in [0.3, 0.4) is 0 Å². The third-order valence-electron chi connectivity index (χ3n) is 8.65. The average molecular weight is 787 g/mol. The second kappa shape index (κ2) is 17.2. The molecule has 2 saturated carbocycles. The fraction of sp³-hybridized carbons (Fsp3) is 0.429. The summed E-state index contributed by atoms with van der Waals surface area (Å²) >= 11 is 24.1. The van der Waals surface area contributed by atoms with Crippen LogP contribution in [0, 0.1) is 6.92 Å². The maximum absolute atomic E-state index is 12.9. The maximum atomic E-state index is 12.9. The quantitative estimate of drug-likeness (QED) is 0.139. The van der Waals surface area contributed by atoms with Crippen LogP contribution in [0.5, 0.6) is 0 Å². The Hall–Kier alpha value is -2.77. The zero-order valence-electron chi connectivity index (χ0n) is 28.0. The van der Waals surface area contributed by atoms with Gasteiger partial charge < -0.3 is 15.2 Å². The number of halogens is 4. The lowest BCUT2D eigenvalue weighted by molar-refractivity contribution is -0.150.